The van der Waals surface area contributed by atoms with Crippen LogP contribution >= 0.6 is 0 Å². The highest BCUT2D eigenvalue weighted by molar-refractivity contribution is 5.82. The highest BCUT2D eigenvalue weighted by atomic mass is 15.2. The van der Waals surface area contributed by atoms with Crippen molar-refractivity contribution in [3.05, 3.63) is 48.7 Å². The summed E-state index contributed by atoms with van der Waals surface area (Å²) in [5, 5.41) is 11.9. The smallest absolute Gasteiger partial charge is 0.153 e. The van der Waals surface area contributed by atoms with E-state index in [4.69, 9.17) is 5.73 Å². The van der Waals surface area contributed by atoms with Gasteiger partial charge in [0, 0.05) is 5.39 Å². The van der Waals surface area contributed by atoms with Crippen molar-refractivity contribution in [2.24, 2.45) is 0 Å². The maximum Gasteiger partial charge on any atom is 0.153 e. The number of fused-ring (bicyclic) bond motifs is 1. The SMILES string of the molecule is Nc1ccc(Nc2cnc3ccccc3c2)nn1. The van der Waals surface area contributed by atoms with Gasteiger partial charge in [-0.1, -0.05) is 18.2 Å². The number of para-hydroxylation sites is 1. The summed E-state index contributed by atoms with van der Waals surface area (Å²) in [6.45, 7) is 0. The average molecular weight is 237 g/mol. The number of pyridine rings is 1. The second-order valence-electron chi connectivity index (χ2n) is 3.89. The lowest BCUT2D eigenvalue weighted by atomic mass is 10.2. The van der Waals surface area contributed by atoms with Crippen molar-refractivity contribution in [3.63, 3.8) is 0 Å². The predicted molar refractivity (Wildman–Crippen MR) is 71.5 cm³/mol. The Kier molecular flexibility index (Phi) is 2.49. The van der Waals surface area contributed by atoms with Gasteiger partial charge in [-0.3, -0.25) is 4.98 Å². The van der Waals surface area contributed by atoms with Crippen LogP contribution in [0.4, 0.5) is 17.3 Å². The molecule has 5 heteroatoms. The minimum Gasteiger partial charge on any atom is -0.382 e. The summed E-state index contributed by atoms with van der Waals surface area (Å²) >= 11 is 0. The van der Waals surface area contributed by atoms with Crippen LogP contribution in [0.2, 0.25) is 0 Å². The lowest BCUT2D eigenvalue weighted by Gasteiger charge is -2.05. The molecule has 0 atom stereocenters. The molecule has 3 rings (SSSR count). The van der Waals surface area contributed by atoms with Gasteiger partial charge in [0.2, 0.25) is 0 Å². The number of hydrogen-bond donors (Lipinski definition) is 2. The van der Waals surface area contributed by atoms with Crippen molar-refractivity contribution in [3.8, 4) is 0 Å². The molecule has 1 aromatic carbocycles. The molecule has 0 aliphatic carbocycles. The fourth-order valence-corrected chi connectivity index (χ4v) is 1.70. The third kappa shape index (κ3) is 2.06. The number of rotatable bonds is 2. The second-order valence-corrected chi connectivity index (χ2v) is 3.89. The van der Waals surface area contributed by atoms with Crippen molar-refractivity contribution in [1.82, 2.24) is 15.2 Å². The summed E-state index contributed by atoms with van der Waals surface area (Å²) in [6, 6.07) is 13.4. The van der Waals surface area contributed by atoms with Gasteiger partial charge in [0.1, 0.15) is 5.82 Å². The summed E-state index contributed by atoms with van der Waals surface area (Å²) in [5.74, 6) is 1.04. The minimum atomic E-state index is 0.400. The van der Waals surface area contributed by atoms with E-state index in [1.165, 1.54) is 0 Å². The van der Waals surface area contributed by atoms with Crippen LogP contribution in [0.5, 0.6) is 0 Å². The molecule has 0 aliphatic heterocycles. The molecule has 2 aromatic heterocycles. The number of hydrogen-bond acceptors (Lipinski definition) is 5. The van der Waals surface area contributed by atoms with E-state index in [9.17, 15) is 0 Å². The third-order valence-corrected chi connectivity index (χ3v) is 2.55. The number of benzene rings is 1. The van der Waals surface area contributed by atoms with E-state index in [0.717, 1.165) is 16.6 Å². The molecule has 3 aromatic rings. The molecule has 0 aliphatic rings. The summed E-state index contributed by atoms with van der Waals surface area (Å²) in [6.07, 6.45) is 1.76. The number of nitrogens with two attached hydrogens (primary N) is 1. The quantitative estimate of drug-likeness (QED) is 0.715. The molecule has 0 amide bonds. The number of aromatic nitrogens is 3. The molecule has 0 bridgehead atoms. The lowest BCUT2D eigenvalue weighted by Crippen LogP contribution is -1.98. The Labute approximate surface area is 104 Å². The van der Waals surface area contributed by atoms with Gasteiger partial charge in [0.15, 0.2) is 5.82 Å². The van der Waals surface area contributed by atoms with Crippen LogP contribution in [0.15, 0.2) is 48.7 Å². The Morgan fingerprint density at radius 2 is 1.89 bits per heavy atom. The van der Waals surface area contributed by atoms with Gasteiger partial charge in [-0.25, -0.2) is 0 Å². The van der Waals surface area contributed by atoms with Crippen LogP contribution in [0, 0.1) is 0 Å². The Hall–Kier alpha value is -2.69. The van der Waals surface area contributed by atoms with Crippen LogP contribution in [-0.2, 0) is 0 Å². The number of nitrogens with zero attached hydrogens (tertiary/aromatic N) is 3. The summed E-state index contributed by atoms with van der Waals surface area (Å²) < 4.78 is 0. The third-order valence-electron chi connectivity index (χ3n) is 2.55. The fraction of sp³-hybridized carbons (Fsp3) is 0. The first-order valence-corrected chi connectivity index (χ1v) is 5.52. The molecule has 0 unspecified atom stereocenters. The van der Waals surface area contributed by atoms with Crippen LogP contribution in [0.1, 0.15) is 0 Å². The number of nitrogen functional groups attached to an aromatic ring is 1. The Bertz CT molecular complexity index is 678. The van der Waals surface area contributed by atoms with Gasteiger partial charge < -0.3 is 11.1 Å². The van der Waals surface area contributed by atoms with Crippen molar-refractivity contribution in [1.29, 1.82) is 0 Å². The average Bonchev–Trinajstić information content (AvgIpc) is 2.41. The first kappa shape index (κ1) is 10.5. The zero-order chi connectivity index (χ0) is 12.4. The summed E-state index contributed by atoms with van der Waals surface area (Å²) in [7, 11) is 0. The highest BCUT2D eigenvalue weighted by Gasteiger charge is 1.99. The lowest BCUT2D eigenvalue weighted by molar-refractivity contribution is 1.05. The molecule has 2 heterocycles. The molecule has 0 spiro atoms. The standard InChI is InChI=1S/C13H11N5/c14-12-5-6-13(18-17-12)16-10-7-9-3-1-2-4-11(9)15-8-10/h1-8H,(H2,14,17)(H,16,18). The van der Waals surface area contributed by atoms with Crippen LogP contribution < -0.4 is 11.1 Å². The van der Waals surface area contributed by atoms with E-state index >= 15 is 0 Å². The molecule has 0 saturated carbocycles. The highest BCUT2D eigenvalue weighted by Crippen LogP contribution is 2.18. The summed E-state index contributed by atoms with van der Waals surface area (Å²) in [4.78, 5) is 4.36. The molecular formula is C13H11N5. The second kappa shape index (κ2) is 4.29. The maximum absolute atomic E-state index is 5.48. The molecule has 88 valence electrons. The molecule has 0 saturated heterocycles. The zero-order valence-corrected chi connectivity index (χ0v) is 9.54. The topological polar surface area (TPSA) is 76.7 Å². The first-order valence-electron chi connectivity index (χ1n) is 5.52. The van der Waals surface area contributed by atoms with Gasteiger partial charge in [-0.2, -0.15) is 0 Å². The fourth-order valence-electron chi connectivity index (χ4n) is 1.70. The van der Waals surface area contributed by atoms with E-state index in [0.29, 0.717) is 11.6 Å². The number of anilines is 3. The van der Waals surface area contributed by atoms with Crippen molar-refractivity contribution >= 4 is 28.2 Å². The van der Waals surface area contributed by atoms with Gasteiger partial charge in [0.25, 0.3) is 0 Å². The first-order chi connectivity index (χ1) is 8.81. The van der Waals surface area contributed by atoms with Crippen molar-refractivity contribution in [2.45, 2.75) is 0 Å². The monoisotopic (exact) mass is 237 g/mol. The molecule has 0 radical (unpaired) electrons. The Morgan fingerprint density at radius 1 is 1.00 bits per heavy atom. The van der Waals surface area contributed by atoms with E-state index in [-0.39, 0.29) is 0 Å². The van der Waals surface area contributed by atoms with Crippen LogP contribution in [0.3, 0.4) is 0 Å². The largest absolute Gasteiger partial charge is 0.382 e. The predicted octanol–water partition coefficient (Wildman–Crippen LogP) is 2.35. The van der Waals surface area contributed by atoms with Crippen LogP contribution in [0.25, 0.3) is 10.9 Å². The minimum absolute atomic E-state index is 0.400. The van der Waals surface area contributed by atoms with E-state index in [1.54, 1.807) is 18.3 Å². The van der Waals surface area contributed by atoms with E-state index in [2.05, 4.69) is 20.5 Å². The molecule has 3 N–H and O–H groups in total. The molecule has 0 fully saturated rings. The maximum atomic E-state index is 5.48. The van der Waals surface area contributed by atoms with Crippen molar-refractivity contribution < 1.29 is 0 Å². The molecular weight excluding hydrogens is 226 g/mol. The van der Waals surface area contributed by atoms with E-state index < -0.39 is 0 Å². The Morgan fingerprint density at radius 3 is 2.72 bits per heavy atom. The number of nitrogens with one attached hydrogen (secondary N) is 1. The zero-order valence-electron chi connectivity index (χ0n) is 9.54. The molecule has 18 heavy (non-hydrogen) atoms. The van der Waals surface area contributed by atoms with Crippen molar-refractivity contribution in [2.75, 3.05) is 11.1 Å². The van der Waals surface area contributed by atoms with Gasteiger partial charge in [0.05, 0.1) is 17.4 Å². The summed E-state index contributed by atoms with van der Waals surface area (Å²) in [5.41, 5.74) is 7.31. The Balaban J connectivity index is 1.92. The normalized spacial score (nSPS) is 10.4. The van der Waals surface area contributed by atoms with E-state index in [1.807, 2.05) is 30.3 Å². The van der Waals surface area contributed by atoms with Gasteiger partial charge >= 0.3 is 0 Å². The van der Waals surface area contributed by atoms with Gasteiger partial charge in [-0.15, -0.1) is 10.2 Å². The van der Waals surface area contributed by atoms with Gasteiger partial charge in [-0.05, 0) is 24.3 Å². The molecule has 5 nitrogen and oxygen atoms in total. The van der Waals surface area contributed by atoms with Crippen LogP contribution in [-0.4, -0.2) is 15.2 Å².